The quantitative estimate of drug-likeness (QED) is 0.480. The molecule has 0 unspecified atom stereocenters. The second kappa shape index (κ2) is 11.1. The van der Waals surface area contributed by atoms with E-state index >= 15 is 0 Å². The third-order valence-electron chi connectivity index (χ3n) is 6.46. The molecule has 0 atom stereocenters. The molecule has 5 rings (SSSR count). The predicted octanol–water partition coefficient (Wildman–Crippen LogP) is 3.80. The van der Waals surface area contributed by atoms with Gasteiger partial charge in [0.2, 0.25) is 11.9 Å². The van der Waals surface area contributed by atoms with Crippen LogP contribution < -0.4 is 15.1 Å². The lowest BCUT2D eigenvalue weighted by molar-refractivity contribution is -0.113. The molecule has 1 N–H and O–H groups in total. The van der Waals surface area contributed by atoms with Crippen molar-refractivity contribution in [1.29, 1.82) is 0 Å². The number of carbonyl (C=O) groups excluding carboxylic acids is 1. The fraction of sp³-hybridized carbons (Fsp3) is 0.423. The molecular weight excluding hydrogens is 460 g/mol. The first-order chi connectivity index (χ1) is 17.2. The summed E-state index contributed by atoms with van der Waals surface area (Å²) in [5.41, 5.74) is 4.34. The summed E-state index contributed by atoms with van der Waals surface area (Å²) >= 11 is 1.42. The molecule has 0 aliphatic carbocycles. The van der Waals surface area contributed by atoms with Gasteiger partial charge < -0.3 is 19.9 Å². The minimum atomic E-state index is -0.0470. The number of rotatable bonds is 8. The SMILES string of the molecule is Cc1cc(N2CCCC2)ccc1NC(=O)CSc1nnc(N2CCOCC2)n1Cc1ccccc1. The van der Waals surface area contributed by atoms with Crippen molar-refractivity contribution < 1.29 is 9.53 Å². The average Bonchev–Trinajstić information content (AvgIpc) is 3.56. The Bertz CT molecular complexity index is 1140. The third-order valence-corrected chi connectivity index (χ3v) is 7.43. The minimum absolute atomic E-state index is 0.0470. The van der Waals surface area contributed by atoms with Gasteiger partial charge in [0.25, 0.3) is 0 Å². The molecule has 2 saturated heterocycles. The number of nitrogens with one attached hydrogen (secondary N) is 1. The lowest BCUT2D eigenvalue weighted by atomic mass is 10.1. The van der Waals surface area contributed by atoms with Crippen molar-refractivity contribution >= 4 is 35.0 Å². The maximum Gasteiger partial charge on any atom is 0.234 e. The van der Waals surface area contributed by atoms with Crippen molar-refractivity contribution in [3.05, 3.63) is 59.7 Å². The Morgan fingerprint density at radius 2 is 1.77 bits per heavy atom. The van der Waals surface area contributed by atoms with Crippen LogP contribution >= 0.6 is 11.8 Å². The molecule has 0 bridgehead atoms. The van der Waals surface area contributed by atoms with E-state index in [9.17, 15) is 4.79 Å². The molecule has 3 heterocycles. The molecule has 1 amide bonds. The topological polar surface area (TPSA) is 75.5 Å². The summed E-state index contributed by atoms with van der Waals surface area (Å²) in [6.45, 7) is 7.85. The Kier molecular flexibility index (Phi) is 7.54. The van der Waals surface area contributed by atoms with Crippen LogP contribution in [0.25, 0.3) is 0 Å². The van der Waals surface area contributed by atoms with Gasteiger partial charge in [0.05, 0.1) is 25.5 Å². The van der Waals surface area contributed by atoms with E-state index < -0.39 is 0 Å². The van der Waals surface area contributed by atoms with Crippen molar-refractivity contribution in [2.24, 2.45) is 0 Å². The van der Waals surface area contributed by atoms with E-state index in [0.29, 0.717) is 19.8 Å². The first-order valence-corrected chi connectivity index (χ1v) is 13.2. The van der Waals surface area contributed by atoms with E-state index in [1.54, 1.807) is 0 Å². The van der Waals surface area contributed by atoms with E-state index in [2.05, 4.69) is 54.1 Å². The third kappa shape index (κ3) is 5.79. The second-order valence-electron chi connectivity index (χ2n) is 8.98. The second-order valence-corrected chi connectivity index (χ2v) is 9.93. The zero-order valence-electron chi connectivity index (χ0n) is 20.2. The van der Waals surface area contributed by atoms with Crippen LogP contribution in [0.3, 0.4) is 0 Å². The first-order valence-electron chi connectivity index (χ1n) is 12.3. The molecule has 3 aromatic rings. The largest absolute Gasteiger partial charge is 0.378 e. The maximum atomic E-state index is 12.8. The number of ether oxygens (including phenoxy) is 1. The van der Waals surface area contributed by atoms with Crippen LogP contribution in [0.4, 0.5) is 17.3 Å². The number of aromatic nitrogens is 3. The van der Waals surface area contributed by atoms with Gasteiger partial charge in [-0.1, -0.05) is 42.1 Å². The first kappa shape index (κ1) is 23.7. The summed E-state index contributed by atoms with van der Waals surface area (Å²) in [6, 6.07) is 16.6. The predicted molar refractivity (Wildman–Crippen MR) is 141 cm³/mol. The average molecular weight is 493 g/mol. The molecule has 8 nitrogen and oxygen atoms in total. The normalized spacial score (nSPS) is 16.0. The van der Waals surface area contributed by atoms with E-state index in [0.717, 1.165) is 48.5 Å². The standard InChI is InChI=1S/C26H32N6O2S/c1-20-17-22(30-11-5-6-12-30)9-10-23(20)27-24(33)19-35-26-29-28-25(31-13-15-34-16-14-31)32(26)18-21-7-3-2-4-8-21/h2-4,7-10,17H,5-6,11-16,18-19H2,1H3,(H,27,33). The number of hydrogen-bond donors (Lipinski definition) is 1. The van der Waals surface area contributed by atoms with Crippen LogP contribution in [0.1, 0.15) is 24.0 Å². The Hall–Kier alpha value is -3.04. The minimum Gasteiger partial charge on any atom is -0.378 e. The molecule has 35 heavy (non-hydrogen) atoms. The molecule has 2 aliphatic rings. The van der Waals surface area contributed by atoms with Crippen LogP contribution in [0.2, 0.25) is 0 Å². The molecular formula is C26H32N6O2S. The van der Waals surface area contributed by atoms with Gasteiger partial charge >= 0.3 is 0 Å². The van der Waals surface area contributed by atoms with Gasteiger partial charge in [-0.15, -0.1) is 10.2 Å². The Morgan fingerprint density at radius 1 is 1.00 bits per heavy atom. The van der Waals surface area contributed by atoms with E-state index in [1.807, 2.05) is 31.2 Å². The number of thioether (sulfide) groups is 1. The summed E-state index contributed by atoms with van der Waals surface area (Å²) in [7, 11) is 0. The van der Waals surface area contributed by atoms with Gasteiger partial charge in [0, 0.05) is 37.6 Å². The Balaban J connectivity index is 1.26. The van der Waals surface area contributed by atoms with Crippen LogP contribution in [-0.2, 0) is 16.1 Å². The van der Waals surface area contributed by atoms with Crippen molar-refractivity contribution in [3.63, 3.8) is 0 Å². The van der Waals surface area contributed by atoms with Crippen molar-refractivity contribution in [1.82, 2.24) is 14.8 Å². The smallest absolute Gasteiger partial charge is 0.234 e. The number of morpholine rings is 1. The summed E-state index contributed by atoms with van der Waals surface area (Å²) in [4.78, 5) is 17.4. The summed E-state index contributed by atoms with van der Waals surface area (Å²) in [5.74, 6) is 1.05. The number of aryl methyl sites for hydroxylation is 1. The fourth-order valence-corrected chi connectivity index (χ4v) is 5.30. The van der Waals surface area contributed by atoms with E-state index in [-0.39, 0.29) is 11.7 Å². The lowest BCUT2D eigenvalue weighted by Crippen LogP contribution is -2.38. The number of nitrogens with zero attached hydrogens (tertiary/aromatic N) is 5. The number of anilines is 3. The molecule has 2 aliphatic heterocycles. The van der Waals surface area contributed by atoms with Gasteiger partial charge in [-0.2, -0.15) is 0 Å². The van der Waals surface area contributed by atoms with Gasteiger partial charge in [-0.3, -0.25) is 9.36 Å². The molecule has 2 aromatic carbocycles. The van der Waals surface area contributed by atoms with Crippen LogP contribution in [0.5, 0.6) is 0 Å². The molecule has 0 saturated carbocycles. The fourth-order valence-electron chi connectivity index (χ4n) is 4.57. The van der Waals surface area contributed by atoms with E-state index in [4.69, 9.17) is 4.74 Å². The van der Waals surface area contributed by atoms with Gasteiger partial charge in [0.15, 0.2) is 5.16 Å². The highest BCUT2D eigenvalue weighted by atomic mass is 32.2. The Morgan fingerprint density at radius 3 is 2.51 bits per heavy atom. The molecule has 184 valence electrons. The van der Waals surface area contributed by atoms with Crippen LogP contribution in [-0.4, -0.2) is 65.8 Å². The number of benzene rings is 2. The van der Waals surface area contributed by atoms with Crippen molar-refractivity contribution in [3.8, 4) is 0 Å². The van der Waals surface area contributed by atoms with E-state index in [1.165, 1.54) is 35.9 Å². The summed E-state index contributed by atoms with van der Waals surface area (Å²) in [5, 5.41) is 12.8. The number of carbonyl (C=O) groups is 1. The summed E-state index contributed by atoms with van der Waals surface area (Å²) in [6.07, 6.45) is 2.49. The van der Waals surface area contributed by atoms with Crippen LogP contribution in [0.15, 0.2) is 53.7 Å². The number of hydrogen-bond acceptors (Lipinski definition) is 7. The molecule has 0 radical (unpaired) electrons. The molecule has 2 fully saturated rings. The molecule has 9 heteroatoms. The van der Waals surface area contributed by atoms with Gasteiger partial charge in [0.1, 0.15) is 0 Å². The molecule has 1 aromatic heterocycles. The van der Waals surface area contributed by atoms with Gasteiger partial charge in [-0.25, -0.2) is 0 Å². The maximum absolute atomic E-state index is 12.8. The monoisotopic (exact) mass is 492 g/mol. The molecule has 0 spiro atoms. The Labute approximate surface area is 210 Å². The highest BCUT2D eigenvalue weighted by Crippen LogP contribution is 2.27. The summed E-state index contributed by atoms with van der Waals surface area (Å²) < 4.78 is 7.61. The number of amides is 1. The van der Waals surface area contributed by atoms with Crippen LogP contribution in [0, 0.1) is 6.92 Å². The van der Waals surface area contributed by atoms with Gasteiger partial charge in [-0.05, 0) is 49.1 Å². The lowest BCUT2D eigenvalue weighted by Gasteiger charge is -2.28. The highest BCUT2D eigenvalue weighted by molar-refractivity contribution is 7.99. The highest BCUT2D eigenvalue weighted by Gasteiger charge is 2.22. The zero-order chi connectivity index (χ0) is 24.0. The van der Waals surface area contributed by atoms with Crippen molar-refractivity contribution in [2.75, 3.05) is 60.3 Å². The zero-order valence-corrected chi connectivity index (χ0v) is 21.0. The van der Waals surface area contributed by atoms with Crippen molar-refractivity contribution in [2.45, 2.75) is 31.5 Å².